The van der Waals surface area contributed by atoms with Gasteiger partial charge in [-0.1, -0.05) is 0 Å². The molecule has 5 rings (SSSR count). The summed E-state index contributed by atoms with van der Waals surface area (Å²) in [7, 11) is 0. The van der Waals surface area contributed by atoms with Crippen molar-refractivity contribution in [1.29, 1.82) is 0 Å². The first kappa shape index (κ1) is 16.6. The fraction of sp³-hybridized carbons (Fsp3) is 0.611. The van der Waals surface area contributed by atoms with Crippen LogP contribution in [0.15, 0.2) is 6.33 Å². The molecule has 0 radical (unpaired) electrons. The first-order valence-electron chi connectivity index (χ1n) is 9.20. The van der Waals surface area contributed by atoms with Crippen LogP contribution in [0.5, 0.6) is 0 Å². The summed E-state index contributed by atoms with van der Waals surface area (Å²) in [5.74, 6) is 0.795. The van der Waals surface area contributed by atoms with Gasteiger partial charge in [0.15, 0.2) is 11.5 Å². The molecule has 0 saturated carbocycles. The molecule has 3 aromatic rings. The summed E-state index contributed by atoms with van der Waals surface area (Å²) < 4.78 is 13.4. The quantitative estimate of drug-likeness (QED) is 0.757. The van der Waals surface area contributed by atoms with E-state index in [4.69, 9.17) is 14.5 Å². The molecule has 5 heterocycles. The van der Waals surface area contributed by atoms with Gasteiger partial charge in [0, 0.05) is 24.4 Å². The Morgan fingerprint density at radius 2 is 2.35 bits per heavy atom. The van der Waals surface area contributed by atoms with Crippen LogP contribution in [0.1, 0.15) is 43.0 Å². The largest absolute Gasteiger partial charge is 0.377 e. The topological polar surface area (TPSA) is 73.6 Å². The highest BCUT2D eigenvalue weighted by atomic mass is 32.1. The molecule has 0 aliphatic carbocycles. The van der Waals surface area contributed by atoms with Crippen molar-refractivity contribution in [2.75, 3.05) is 13.2 Å². The Morgan fingerprint density at radius 1 is 1.42 bits per heavy atom. The highest BCUT2D eigenvalue weighted by molar-refractivity contribution is 7.19. The zero-order valence-corrected chi connectivity index (χ0v) is 15.9. The third kappa shape index (κ3) is 2.90. The highest BCUT2D eigenvalue weighted by Crippen LogP contribution is 2.39. The van der Waals surface area contributed by atoms with Crippen molar-refractivity contribution in [3.63, 3.8) is 0 Å². The zero-order valence-electron chi connectivity index (χ0n) is 15.1. The Hall–Kier alpha value is -1.61. The van der Waals surface area contributed by atoms with Crippen molar-refractivity contribution >= 4 is 27.2 Å². The lowest BCUT2D eigenvalue weighted by molar-refractivity contribution is -0.0379. The predicted molar refractivity (Wildman–Crippen MR) is 99.4 cm³/mol. The molecule has 3 aromatic heterocycles. The smallest absolute Gasteiger partial charge is 0.168 e. The number of rotatable bonds is 4. The lowest BCUT2D eigenvalue weighted by Gasteiger charge is -2.30. The molecule has 138 valence electrons. The van der Waals surface area contributed by atoms with Gasteiger partial charge in [-0.2, -0.15) is 0 Å². The van der Waals surface area contributed by atoms with E-state index in [0.717, 1.165) is 54.1 Å². The number of ether oxygens (including phenoxy) is 2. The first-order chi connectivity index (χ1) is 12.6. The van der Waals surface area contributed by atoms with Gasteiger partial charge in [0.05, 0.1) is 30.2 Å². The minimum absolute atomic E-state index is 0.153. The van der Waals surface area contributed by atoms with Crippen molar-refractivity contribution in [3.05, 3.63) is 22.6 Å². The highest BCUT2D eigenvalue weighted by Gasteiger charge is 2.30. The Kier molecular flexibility index (Phi) is 3.97. The van der Waals surface area contributed by atoms with E-state index in [-0.39, 0.29) is 5.60 Å². The molecule has 7 nitrogen and oxygen atoms in total. The minimum atomic E-state index is -0.153. The molecule has 0 aromatic carbocycles. The molecule has 1 atom stereocenters. The second-order valence-electron chi connectivity index (χ2n) is 7.72. The van der Waals surface area contributed by atoms with Crippen molar-refractivity contribution in [3.8, 4) is 0 Å². The van der Waals surface area contributed by atoms with Crippen molar-refractivity contribution in [2.24, 2.45) is 0 Å². The summed E-state index contributed by atoms with van der Waals surface area (Å²) in [4.78, 5) is 11.7. The van der Waals surface area contributed by atoms with Crippen LogP contribution >= 0.6 is 11.3 Å². The van der Waals surface area contributed by atoms with Crippen LogP contribution in [0.25, 0.3) is 15.9 Å². The van der Waals surface area contributed by atoms with Gasteiger partial charge >= 0.3 is 0 Å². The van der Waals surface area contributed by atoms with Crippen molar-refractivity contribution in [2.45, 2.75) is 58.0 Å². The summed E-state index contributed by atoms with van der Waals surface area (Å²) in [6.07, 6.45) is 5.26. The van der Waals surface area contributed by atoms with Gasteiger partial charge < -0.3 is 14.8 Å². The third-order valence-electron chi connectivity index (χ3n) is 5.13. The number of nitrogens with zero attached hydrogens (tertiary/aromatic N) is 4. The summed E-state index contributed by atoms with van der Waals surface area (Å²) in [6, 6.07) is 0. The molecule has 1 N–H and O–H groups in total. The van der Waals surface area contributed by atoms with Crippen LogP contribution < -0.4 is 5.32 Å². The molecule has 1 fully saturated rings. The van der Waals surface area contributed by atoms with Gasteiger partial charge in [0.2, 0.25) is 0 Å². The standard InChI is InChI=1S/C18H23N5O2S/c1-18(2)6-12-13(9-25-18)26-17-15(12)16-21-14(22-23(16)10-20-17)8-19-7-11-4-3-5-24-11/h10-11,19H,3-9H2,1-2H3/t11-/m0/s1. The molecule has 2 aliphatic rings. The summed E-state index contributed by atoms with van der Waals surface area (Å²) in [6.45, 7) is 7.30. The Morgan fingerprint density at radius 3 is 3.19 bits per heavy atom. The van der Waals surface area contributed by atoms with Gasteiger partial charge in [-0.25, -0.2) is 14.5 Å². The van der Waals surface area contributed by atoms with Gasteiger partial charge in [-0.15, -0.1) is 16.4 Å². The number of nitrogens with one attached hydrogen (secondary N) is 1. The van der Waals surface area contributed by atoms with Gasteiger partial charge in [-0.3, -0.25) is 0 Å². The van der Waals surface area contributed by atoms with E-state index < -0.39 is 0 Å². The van der Waals surface area contributed by atoms with Crippen molar-refractivity contribution < 1.29 is 9.47 Å². The predicted octanol–water partition coefficient (Wildman–Crippen LogP) is 2.46. The van der Waals surface area contributed by atoms with E-state index in [1.165, 1.54) is 10.4 Å². The summed E-state index contributed by atoms with van der Waals surface area (Å²) >= 11 is 1.71. The molecular weight excluding hydrogens is 350 g/mol. The number of hydrogen-bond donors (Lipinski definition) is 1. The van der Waals surface area contributed by atoms with E-state index >= 15 is 0 Å². The second-order valence-corrected chi connectivity index (χ2v) is 8.80. The van der Waals surface area contributed by atoms with E-state index in [2.05, 4.69) is 29.2 Å². The van der Waals surface area contributed by atoms with E-state index in [0.29, 0.717) is 19.3 Å². The molecule has 0 unspecified atom stereocenters. The fourth-order valence-electron chi connectivity index (χ4n) is 3.81. The summed E-state index contributed by atoms with van der Waals surface area (Å²) in [5.41, 5.74) is 2.07. The number of fused-ring (bicyclic) bond motifs is 5. The Labute approximate surface area is 155 Å². The van der Waals surface area contributed by atoms with Crippen LogP contribution in [-0.2, 0) is 29.0 Å². The first-order valence-corrected chi connectivity index (χ1v) is 10.0. The summed E-state index contributed by atoms with van der Waals surface area (Å²) in [5, 5.41) is 9.17. The van der Waals surface area contributed by atoms with E-state index in [1.807, 2.05) is 0 Å². The van der Waals surface area contributed by atoms with Crippen molar-refractivity contribution in [1.82, 2.24) is 24.9 Å². The minimum Gasteiger partial charge on any atom is -0.377 e. The lowest BCUT2D eigenvalue weighted by Crippen LogP contribution is -2.31. The number of thiophene rings is 1. The second kappa shape index (κ2) is 6.23. The van der Waals surface area contributed by atoms with Crippen LogP contribution in [0.4, 0.5) is 0 Å². The van der Waals surface area contributed by atoms with Crippen LogP contribution in [0.3, 0.4) is 0 Å². The van der Waals surface area contributed by atoms with Crippen LogP contribution in [0.2, 0.25) is 0 Å². The monoisotopic (exact) mass is 373 g/mol. The van der Waals surface area contributed by atoms with Crippen LogP contribution in [0, 0.1) is 0 Å². The van der Waals surface area contributed by atoms with Gasteiger partial charge in [-0.05, 0) is 32.3 Å². The molecule has 8 heteroatoms. The lowest BCUT2D eigenvalue weighted by atomic mass is 9.94. The van der Waals surface area contributed by atoms with Gasteiger partial charge in [0.1, 0.15) is 11.2 Å². The maximum Gasteiger partial charge on any atom is 0.168 e. The molecule has 2 aliphatic heterocycles. The Bertz CT molecular complexity index is 957. The molecule has 0 amide bonds. The third-order valence-corrected chi connectivity index (χ3v) is 6.24. The molecule has 1 saturated heterocycles. The number of hydrogen-bond acceptors (Lipinski definition) is 7. The maximum atomic E-state index is 5.96. The number of aromatic nitrogens is 4. The zero-order chi connectivity index (χ0) is 17.7. The average molecular weight is 373 g/mol. The molecular formula is C18H23N5O2S. The molecule has 26 heavy (non-hydrogen) atoms. The molecule has 0 bridgehead atoms. The van der Waals surface area contributed by atoms with Gasteiger partial charge in [0.25, 0.3) is 0 Å². The fourth-order valence-corrected chi connectivity index (χ4v) is 4.88. The SMILES string of the molecule is CC1(C)Cc2c(sc3ncn4nc(CNC[C@@H]5CCCO5)nc4c23)CO1. The van der Waals surface area contributed by atoms with Crippen LogP contribution in [-0.4, -0.2) is 44.4 Å². The normalized spacial score (nSPS) is 22.3. The average Bonchev–Trinajstić information content (AvgIpc) is 3.31. The maximum absolute atomic E-state index is 5.96. The van der Waals surface area contributed by atoms with E-state index in [1.54, 1.807) is 22.2 Å². The van der Waals surface area contributed by atoms with E-state index in [9.17, 15) is 0 Å². The Balaban J connectivity index is 1.46. The molecule has 0 spiro atoms.